The van der Waals surface area contributed by atoms with Crippen molar-refractivity contribution in [2.75, 3.05) is 32.8 Å². The van der Waals surface area contributed by atoms with Crippen LogP contribution in [0.4, 0.5) is 0 Å². The van der Waals surface area contributed by atoms with Crippen LogP contribution in [-0.2, 0) is 4.79 Å². The number of benzene rings is 2. The standard InChI is InChI=1S/C23H28N2O3/c1-17(2)20-10-9-18(3)21(15-20)28-16-22(26)24-11-13-25(14-12-24)23(27)19-7-5-4-6-8-19/h4-10,15,17H,11-14,16H2,1-3H3. The molecular weight excluding hydrogens is 352 g/mol. The zero-order chi connectivity index (χ0) is 20.1. The van der Waals surface area contributed by atoms with Crippen LogP contribution in [0.5, 0.6) is 5.75 Å². The molecule has 0 saturated carbocycles. The number of hydrogen-bond acceptors (Lipinski definition) is 3. The maximum atomic E-state index is 12.5. The molecule has 1 saturated heterocycles. The molecule has 5 heteroatoms. The van der Waals surface area contributed by atoms with Crippen LogP contribution >= 0.6 is 0 Å². The van der Waals surface area contributed by atoms with E-state index < -0.39 is 0 Å². The highest BCUT2D eigenvalue weighted by Crippen LogP contribution is 2.24. The number of piperazine rings is 1. The topological polar surface area (TPSA) is 49.9 Å². The second-order valence-corrected chi connectivity index (χ2v) is 7.51. The highest BCUT2D eigenvalue weighted by atomic mass is 16.5. The van der Waals surface area contributed by atoms with Crippen LogP contribution in [0.3, 0.4) is 0 Å². The summed E-state index contributed by atoms with van der Waals surface area (Å²) in [4.78, 5) is 28.6. The molecule has 5 nitrogen and oxygen atoms in total. The Morgan fingerprint density at radius 1 is 0.964 bits per heavy atom. The van der Waals surface area contributed by atoms with E-state index >= 15 is 0 Å². The SMILES string of the molecule is Cc1ccc(C(C)C)cc1OCC(=O)N1CCN(C(=O)c2ccccc2)CC1. The highest BCUT2D eigenvalue weighted by Gasteiger charge is 2.25. The fraction of sp³-hybridized carbons (Fsp3) is 0.391. The van der Waals surface area contributed by atoms with E-state index in [1.54, 1.807) is 9.80 Å². The van der Waals surface area contributed by atoms with Gasteiger partial charge in [-0.2, -0.15) is 0 Å². The lowest BCUT2D eigenvalue weighted by Crippen LogP contribution is -2.51. The van der Waals surface area contributed by atoms with E-state index in [2.05, 4.69) is 19.9 Å². The summed E-state index contributed by atoms with van der Waals surface area (Å²) in [6.45, 7) is 8.43. The number of carbonyl (C=O) groups is 2. The van der Waals surface area contributed by atoms with Crippen molar-refractivity contribution in [2.24, 2.45) is 0 Å². The molecule has 0 aliphatic carbocycles. The van der Waals surface area contributed by atoms with Gasteiger partial charge in [-0.15, -0.1) is 0 Å². The predicted octanol–water partition coefficient (Wildman–Crippen LogP) is 3.48. The lowest BCUT2D eigenvalue weighted by atomic mass is 10.0. The van der Waals surface area contributed by atoms with Gasteiger partial charge in [0.05, 0.1) is 0 Å². The Labute approximate surface area is 166 Å². The summed E-state index contributed by atoms with van der Waals surface area (Å²) in [6.07, 6.45) is 0. The first kappa shape index (κ1) is 19.9. The number of hydrogen-bond donors (Lipinski definition) is 0. The van der Waals surface area contributed by atoms with Crippen molar-refractivity contribution in [1.82, 2.24) is 9.80 Å². The molecule has 0 atom stereocenters. The van der Waals surface area contributed by atoms with Gasteiger partial charge in [0.2, 0.25) is 0 Å². The Hall–Kier alpha value is -2.82. The number of carbonyl (C=O) groups excluding carboxylic acids is 2. The van der Waals surface area contributed by atoms with Crippen LogP contribution in [0.15, 0.2) is 48.5 Å². The third-order valence-electron chi connectivity index (χ3n) is 5.17. The number of amides is 2. The lowest BCUT2D eigenvalue weighted by molar-refractivity contribution is -0.134. The van der Waals surface area contributed by atoms with E-state index in [0.717, 1.165) is 11.3 Å². The van der Waals surface area contributed by atoms with Crippen molar-refractivity contribution in [3.63, 3.8) is 0 Å². The minimum Gasteiger partial charge on any atom is -0.483 e. The molecule has 0 spiro atoms. The normalized spacial score (nSPS) is 14.3. The molecule has 0 radical (unpaired) electrons. The zero-order valence-electron chi connectivity index (χ0n) is 16.9. The number of nitrogens with zero attached hydrogens (tertiary/aromatic N) is 2. The first-order chi connectivity index (χ1) is 13.5. The fourth-order valence-electron chi connectivity index (χ4n) is 3.28. The molecule has 1 aliphatic heterocycles. The van der Waals surface area contributed by atoms with Crippen LogP contribution < -0.4 is 4.74 Å². The molecule has 148 valence electrons. The second kappa shape index (κ2) is 8.91. The Balaban J connectivity index is 1.52. The Morgan fingerprint density at radius 2 is 1.61 bits per heavy atom. The third-order valence-corrected chi connectivity index (χ3v) is 5.17. The van der Waals surface area contributed by atoms with Gasteiger partial charge in [0, 0.05) is 31.7 Å². The van der Waals surface area contributed by atoms with Crippen LogP contribution in [-0.4, -0.2) is 54.4 Å². The summed E-state index contributed by atoms with van der Waals surface area (Å²) >= 11 is 0. The highest BCUT2D eigenvalue weighted by molar-refractivity contribution is 5.94. The summed E-state index contributed by atoms with van der Waals surface area (Å²) in [7, 11) is 0. The molecule has 1 aliphatic rings. The maximum Gasteiger partial charge on any atom is 0.260 e. The van der Waals surface area contributed by atoms with Gasteiger partial charge in [0.1, 0.15) is 5.75 Å². The van der Waals surface area contributed by atoms with Gasteiger partial charge >= 0.3 is 0 Å². The van der Waals surface area contributed by atoms with Gasteiger partial charge in [0.15, 0.2) is 6.61 Å². The zero-order valence-corrected chi connectivity index (χ0v) is 16.9. The summed E-state index contributed by atoms with van der Waals surface area (Å²) < 4.78 is 5.81. The van der Waals surface area contributed by atoms with Crippen molar-refractivity contribution in [3.05, 3.63) is 65.2 Å². The van der Waals surface area contributed by atoms with E-state index in [-0.39, 0.29) is 18.4 Å². The average molecular weight is 380 g/mol. The van der Waals surface area contributed by atoms with Crippen molar-refractivity contribution in [1.29, 1.82) is 0 Å². The van der Waals surface area contributed by atoms with Gasteiger partial charge in [-0.25, -0.2) is 0 Å². The molecule has 0 unspecified atom stereocenters. The van der Waals surface area contributed by atoms with Gasteiger partial charge < -0.3 is 14.5 Å². The monoisotopic (exact) mass is 380 g/mol. The molecule has 0 aromatic heterocycles. The van der Waals surface area contributed by atoms with E-state index in [1.165, 1.54) is 5.56 Å². The number of aryl methyl sites for hydroxylation is 1. The van der Waals surface area contributed by atoms with Gasteiger partial charge in [-0.3, -0.25) is 9.59 Å². The maximum absolute atomic E-state index is 12.5. The Morgan fingerprint density at radius 3 is 2.25 bits per heavy atom. The molecule has 1 fully saturated rings. The van der Waals surface area contributed by atoms with Crippen molar-refractivity contribution in [3.8, 4) is 5.75 Å². The third kappa shape index (κ3) is 4.71. The predicted molar refractivity (Wildman–Crippen MR) is 110 cm³/mol. The molecule has 0 N–H and O–H groups in total. The Kier molecular flexibility index (Phi) is 6.34. The summed E-state index contributed by atoms with van der Waals surface area (Å²) in [5, 5.41) is 0. The van der Waals surface area contributed by atoms with Crippen LogP contribution in [0.25, 0.3) is 0 Å². The summed E-state index contributed by atoms with van der Waals surface area (Å²) in [5.74, 6) is 1.15. The van der Waals surface area contributed by atoms with Crippen LogP contribution in [0.1, 0.15) is 41.3 Å². The molecule has 28 heavy (non-hydrogen) atoms. The van der Waals surface area contributed by atoms with E-state index in [1.807, 2.05) is 49.4 Å². The molecule has 0 bridgehead atoms. The largest absolute Gasteiger partial charge is 0.483 e. The van der Waals surface area contributed by atoms with E-state index in [4.69, 9.17) is 4.74 Å². The van der Waals surface area contributed by atoms with Crippen LogP contribution in [0, 0.1) is 6.92 Å². The quantitative estimate of drug-likeness (QED) is 0.798. The van der Waals surface area contributed by atoms with Crippen molar-refractivity contribution < 1.29 is 14.3 Å². The van der Waals surface area contributed by atoms with E-state index in [9.17, 15) is 9.59 Å². The molecule has 2 aromatic carbocycles. The first-order valence-electron chi connectivity index (χ1n) is 9.81. The molecule has 2 aromatic rings. The second-order valence-electron chi connectivity index (χ2n) is 7.51. The van der Waals surface area contributed by atoms with E-state index in [0.29, 0.717) is 37.7 Å². The minimum absolute atomic E-state index is 0.0186. The summed E-state index contributed by atoms with van der Waals surface area (Å²) in [5.41, 5.74) is 2.91. The molecule has 2 amide bonds. The van der Waals surface area contributed by atoms with Crippen molar-refractivity contribution in [2.45, 2.75) is 26.7 Å². The first-order valence-corrected chi connectivity index (χ1v) is 9.81. The molecular formula is C23H28N2O3. The lowest BCUT2D eigenvalue weighted by Gasteiger charge is -2.34. The minimum atomic E-state index is -0.0406. The van der Waals surface area contributed by atoms with Gasteiger partial charge in [0.25, 0.3) is 11.8 Å². The van der Waals surface area contributed by atoms with Crippen LogP contribution in [0.2, 0.25) is 0 Å². The Bertz CT molecular complexity index is 825. The summed E-state index contributed by atoms with van der Waals surface area (Å²) in [6, 6.07) is 15.4. The number of rotatable bonds is 5. The number of ether oxygens (including phenoxy) is 1. The smallest absolute Gasteiger partial charge is 0.260 e. The molecule has 3 rings (SSSR count). The molecule has 1 heterocycles. The van der Waals surface area contributed by atoms with Gasteiger partial charge in [-0.1, -0.05) is 44.2 Å². The van der Waals surface area contributed by atoms with Gasteiger partial charge in [-0.05, 0) is 42.2 Å². The van der Waals surface area contributed by atoms with Crippen molar-refractivity contribution >= 4 is 11.8 Å². The average Bonchev–Trinajstić information content (AvgIpc) is 2.73. The fourth-order valence-corrected chi connectivity index (χ4v) is 3.28.